The van der Waals surface area contributed by atoms with Crippen molar-refractivity contribution in [1.29, 1.82) is 0 Å². The fourth-order valence-electron chi connectivity index (χ4n) is 4.02. The maximum atomic E-state index is 12.2. The van der Waals surface area contributed by atoms with E-state index in [1.165, 1.54) is 29.2 Å². The molecule has 3 rings (SSSR count). The first-order valence-corrected chi connectivity index (χ1v) is 12.7. The first-order chi connectivity index (χ1) is 18.2. The van der Waals surface area contributed by atoms with Gasteiger partial charge in [0.2, 0.25) is 0 Å². The molecule has 0 heterocycles. The van der Waals surface area contributed by atoms with Gasteiger partial charge in [-0.2, -0.15) is 0 Å². The van der Waals surface area contributed by atoms with Crippen molar-refractivity contribution in [3.8, 4) is 11.1 Å². The number of nitrogens with one attached hydrogen (secondary N) is 1. The van der Waals surface area contributed by atoms with E-state index in [2.05, 4.69) is 29.6 Å². The number of ether oxygens (including phenoxy) is 6. The summed E-state index contributed by atoms with van der Waals surface area (Å²) in [5.41, 5.74) is 4.81. The summed E-state index contributed by atoms with van der Waals surface area (Å²) in [5.74, 6) is -0.259. The van der Waals surface area contributed by atoms with E-state index < -0.39 is 6.09 Å². The second-order valence-electron chi connectivity index (χ2n) is 8.40. The summed E-state index contributed by atoms with van der Waals surface area (Å²) < 4.78 is 31.9. The van der Waals surface area contributed by atoms with Crippen LogP contribution in [0.25, 0.3) is 11.1 Å². The van der Waals surface area contributed by atoms with E-state index >= 15 is 0 Å². The van der Waals surface area contributed by atoms with Crippen molar-refractivity contribution in [3.63, 3.8) is 0 Å². The van der Waals surface area contributed by atoms with Gasteiger partial charge < -0.3 is 33.7 Å². The molecule has 0 saturated heterocycles. The van der Waals surface area contributed by atoms with Crippen LogP contribution in [0.4, 0.5) is 4.79 Å². The number of carbonyl (C=O) groups excluding carboxylic acids is 2. The summed E-state index contributed by atoms with van der Waals surface area (Å²) in [5, 5.41) is 2.79. The van der Waals surface area contributed by atoms with Gasteiger partial charge in [-0.15, -0.1) is 0 Å². The molecule has 0 atom stereocenters. The largest absolute Gasteiger partial charge is 0.463 e. The van der Waals surface area contributed by atoms with E-state index in [1.54, 1.807) is 0 Å². The van der Waals surface area contributed by atoms with Crippen LogP contribution in [0, 0.1) is 0 Å². The maximum Gasteiger partial charge on any atom is 0.407 e. The number of esters is 1. The van der Waals surface area contributed by atoms with Crippen molar-refractivity contribution in [2.45, 2.75) is 19.3 Å². The second kappa shape index (κ2) is 16.7. The number of alkyl carbamates (subject to hydrolysis) is 1. The highest BCUT2D eigenvalue weighted by atomic mass is 16.6. The molecule has 0 spiro atoms. The Morgan fingerprint density at radius 2 is 1.16 bits per heavy atom. The van der Waals surface area contributed by atoms with Gasteiger partial charge in [-0.3, -0.25) is 4.79 Å². The molecule has 0 bridgehead atoms. The van der Waals surface area contributed by atoms with Gasteiger partial charge in [0.05, 0.1) is 46.2 Å². The van der Waals surface area contributed by atoms with Crippen molar-refractivity contribution in [2.24, 2.45) is 0 Å². The Bertz CT molecular complexity index is 921. The second-order valence-corrected chi connectivity index (χ2v) is 8.40. The van der Waals surface area contributed by atoms with Gasteiger partial charge in [0.15, 0.2) is 0 Å². The highest BCUT2D eigenvalue weighted by Crippen LogP contribution is 2.44. The first kappa shape index (κ1) is 28.6. The van der Waals surface area contributed by atoms with E-state index in [9.17, 15) is 9.59 Å². The lowest BCUT2D eigenvalue weighted by Gasteiger charge is -2.14. The predicted molar refractivity (Wildman–Crippen MR) is 138 cm³/mol. The quantitative estimate of drug-likeness (QED) is 0.238. The van der Waals surface area contributed by atoms with Gasteiger partial charge in [-0.05, 0) is 28.7 Å². The molecule has 9 heteroatoms. The van der Waals surface area contributed by atoms with Crippen molar-refractivity contribution >= 4 is 12.1 Å². The highest BCUT2D eigenvalue weighted by Gasteiger charge is 2.28. The lowest BCUT2D eigenvalue weighted by atomic mass is 9.98. The van der Waals surface area contributed by atoms with Crippen LogP contribution in [0.2, 0.25) is 0 Å². The highest BCUT2D eigenvalue weighted by molar-refractivity contribution is 5.79. The van der Waals surface area contributed by atoms with Gasteiger partial charge in [0.25, 0.3) is 0 Å². The summed E-state index contributed by atoms with van der Waals surface area (Å²) in [6.45, 7) is 6.07. The lowest BCUT2D eigenvalue weighted by Crippen LogP contribution is -2.27. The van der Waals surface area contributed by atoms with Gasteiger partial charge >= 0.3 is 12.1 Å². The Morgan fingerprint density at radius 3 is 1.70 bits per heavy atom. The van der Waals surface area contributed by atoms with Crippen molar-refractivity contribution < 1.29 is 38.0 Å². The minimum Gasteiger partial charge on any atom is -0.463 e. The normalized spacial score (nSPS) is 12.1. The molecular formula is C28H37NO8. The van der Waals surface area contributed by atoms with Crippen LogP contribution in [-0.4, -0.2) is 84.7 Å². The number of hydrogen-bond donors (Lipinski definition) is 1. The molecule has 0 unspecified atom stereocenters. The number of amides is 1. The van der Waals surface area contributed by atoms with E-state index in [0.717, 1.165) is 0 Å². The van der Waals surface area contributed by atoms with Crippen LogP contribution < -0.4 is 5.32 Å². The maximum absolute atomic E-state index is 12.2. The Balaban J connectivity index is 1.13. The van der Waals surface area contributed by atoms with Crippen LogP contribution in [0.1, 0.15) is 30.4 Å². The molecule has 0 fully saturated rings. The Kier molecular flexibility index (Phi) is 12.9. The molecule has 37 heavy (non-hydrogen) atoms. The number of benzene rings is 2. The van der Waals surface area contributed by atoms with Crippen molar-refractivity contribution in [2.75, 3.05) is 72.6 Å². The molecule has 1 aliphatic rings. The Hall–Kier alpha value is -2.98. The van der Waals surface area contributed by atoms with Crippen LogP contribution in [0.3, 0.4) is 0 Å². The molecule has 1 aliphatic carbocycles. The van der Waals surface area contributed by atoms with Crippen molar-refractivity contribution in [1.82, 2.24) is 5.32 Å². The summed E-state index contributed by atoms with van der Waals surface area (Å²) in [4.78, 5) is 22.8. The number of rotatable bonds is 18. The van der Waals surface area contributed by atoms with E-state index in [1.807, 2.05) is 24.3 Å². The van der Waals surface area contributed by atoms with Gasteiger partial charge in [-0.25, -0.2) is 4.79 Å². The van der Waals surface area contributed by atoms with Crippen LogP contribution in [0.5, 0.6) is 0 Å². The van der Waals surface area contributed by atoms with Crippen LogP contribution in [0.15, 0.2) is 48.5 Å². The molecular weight excluding hydrogens is 478 g/mol. The fraction of sp³-hybridized carbons (Fsp3) is 0.500. The molecule has 0 saturated carbocycles. The zero-order valence-electron chi connectivity index (χ0n) is 21.4. The molecule has 9 nitrogen and oxygen atoms in total. The number of carbonyl (C=O) groups is 2. The average Bonchev–Trinajstić information content (AvgIpc) is 3.22. The molecule has 2 aromatic carbocycles. The van der Waals surface area contributed by atoms with Gasteiger partial charge in [0, 0.05) is 26.0 Å². The topological polar surface area (TPSA) is 102 Å². The van der Waals surface area contributed by atoms with E-state index in [0.29, 0.717) is 72.4 Å². The first-order valence-electron chi connectivity index (χ1n) is 12.7. The lowest BCUT2D eigenvalue weighted by molar-refractivity contribution is -0.142. The number of hydrogen-bond acceptors (Lipinski definition) is 8. The summed E-state index contributed by atoms with van der Waals surface area (Å²) in [6, 6.07) is 16.5. The third-order valence-corrected chi connectivity index (χ3v) is 5.73. The Labute approximate surface area is 218 Å². The monoisotopic (exact) mass is 515 g/mol. The summed E-state index contributed by atoms with van der Waals surface area (Å²) >= 11 is 0. The standard InChI is InChI=1S/C28H37NO8/c1-22(30)36-20-19-35-18-17-34-16-15-33-14-13-32-12-6-11-29-28(31)37-21-27-25-9-4-2-7-23(25)24-8-3-5-10-26(24)27/h2-5,7-10,27H,6,11-21H2,1H3,(H,29,31). The zero-order valence-corrected chi connectivity index (χ0v) is 21.4. The third-order valence-electron chi connectivity index (χ3n) is 5.73. The minimum absolute atomic E-state index is 0.0546. The Morgan fingerprint density at radius 1 is 0.676 bits per heavy atom. The predicted octanol–water partition coefficient (Wildman–Crippen LogP) is 3.54. The van der Waals surface area contributed by atoms with Gasteiger partial charge in [-0.1, -0.05) is 48.5 Å². The van der Waals surface area contributed by atoms with Crippen molar-refractivity contribution in [3.05, 3.63) is 59.7 Å². The summed E-state index contributed by atoms with van der Waals surface area (Å²) in [6.07, 6.45) is 0.269. The zero-order chi connectivity index (χ0) is 26.1. The molecule has 0 radical (unpaired) electrons. The van der Waals surface area contributed by atoms with E-state index in [4.69, 9.17) is 28.4 Å². The minimum atomic E-state index is -0.417. The third kappa shape index (κ3) is 10.1. The molecule has 1 N–H and O–H groups in total. The molecule has 0 aromatic heterocycles. The molecule has 2 aromatic rings. The molecule has 1 amide bonds. The van der Waals surface area contributed by atoms with E-state index in [-0.39, 0.29) is 18.5 Å². The summed E-state index contributed by atoms with van der Waals surface area (Å²) in [7, 11) is 0. The SMILES string of the molecule is CC(=O)OCCOCCOCCOCCOCCCNC(=O)OCC1c2ccccc2-c2ccccc21. The smallest absolute Gasteiger partial charge is 0.407 e. The van der Waals surface area contributed by atoms with Crippen LogP contribution in [-0.2, 0) is 33.2 Å². The molecule has 0 aliphatic heterocycles. The molecule has 202 valence electrons. The van der Waals surface area contributed by atoms with Crippen LogP contribution >= 0.6 is 0 Å². The fourth-order valence-corrected chi connectivity index (χ4v) is 4.02. The van der Waals surface area contributed by atoms with Gasteiger partial charge in [0.1, 0.15) is 13.2 Å². The number of fused-ring (bicyclic) bond motifs is 3. The average molecular weight is 516 g/mol.